The zero-order valence-electron chi connectivity index (χ0n) is 10.9. The molecule has 0 aromatic carbocycles. The minimum absolute atomic E-state index is 0.809. The molecule has 1 aliphatic rings. The summed E-state index contributed by atoms with van der Waals surface area (Å²) in [7, 11) is 1.04. The normalized spacial score (nSPS) is 31.1. The minimum atomic E-state index is -1.89. The summed E-state index contributed by atoms with van der Waals surface area (Å²) >= 11 is 0. The van der Waals surface area contributed by atoms with Crippen molar-refractivity contribution in [3.05, 3.63) is 30.3 Å². The van der Waals surface area contributed by atoms with Crippen LogP contribution in [0.2, 0.25) is 0 Å². The summed E-state index contributed by atoms with van der Waals surface area (Å²) in [6, 6.07) is 0. The van der Waals surface area contributed by atoms with E-state index in [2.05, 4.69) is 14.5 Å². The molecular weight excluding hydrogens is 318 g/mol. The number of methoxy groups -OCH3 is 1. The van der Waals surface area contributed by atoms with Gasteiger partial charge in [-0.3, -0.25) is 0 Å². The third kappa shape index (κ3) is 4.50. The fourth-order valence-electron chi connectivity index (χ4n) is 1.78. The maximum Gasteiger partial charge on any atom is 0.295 e. The van der Waals surface area contributed by atoms with E-state index >= 15 is 0 Å². The zero-order valence-corrected chi connectivity index (χ0v) is 10.9. The number of aliphatic hydroxyl groups excluding tert-OH is 1. The van der Waals surface area contributed by atoms with Crippen LogP contribution in [-0.4, -0.2) is 64.8 Å². The first-order valence-electron chi connectivity index (χ1n) is 5.52. The average molecular weight is 329 g/mol. The van der Waals surface area contributed by atoms with Crippen LogP contribution in [0.3, 0.4) is 0 Å². The van der Waals surface area contributed by atoms with Crippen molar-refractivity contribution >= 4 is 0 Å². The Morgan fingerprint density at radius 3 is 2.05 bits per heavy atom. The van der Waals surface area contributed by atoms with Gasteiger partial charge in [0.2, 0.25) is 0 Å². The van der Waals surface area contributed by atoms with Crippen LogP contribution in [0.5, 0.6) is 0 Å². The maximum atomic E-state index is 10.4. The number of aliphatic hydroxyl groups is 1. The molecule has 0 bridgehead atoms. The van der Waals surface area contributed by atoms with E-state index in [1.165, 1.54) is 0 Å². The molecule has 5 atom stereocenters. The van der Waals surface area contributed by atoms with E-state index in [4.69, 9.17) is 9.47 Å². The van der Waals surface area contributed by atoms with Gasteiger partial charge in [-0.15, -0.1) is 30.3 Å². The molecule has 1 N–H and O–H groups in total. The van der Waals surface area contributed by atoms with Gasteiger partial charge in [-0.1, -0.05) is 0 Å². The third-order valence-corrected chi connectivity index (χ3v) is 2.61. The lowest BCUT2D eigenvalue weighted by Crippen LogP contribution is -2.61. The smallest absolute Gasteiger partial charge is 0.295 e. The van der Waals surface area contributed by atoms with Gasteiger partial charge in [0.15, 0.2) is 18.5 Å². The van der Waals surface area contributed by atoms with Crippen molar-refractivity contribution in [3.8, 4) is 0 Å². The highest BCUT2D eigenvalue weighted by molar-refractivity contribution is 4.90. The SMILES string of the molecule is CO[C@@H]1O[C@H](CO[N+](=O)[O-])[C@H](O)[C@H](O[N+](=O)[O-])[C@H]1O[N+](=O)[O-]. The summed E-state index contributed by atoms with van der Waals surface area (Å²) in [5, 5.41) is 37.1. The first-order chi connectivity index (χ1) is 10.3. The zero-order chi connectivity index (χ0) is 16.9. The van der Waals surface area contributed by atoms with Crippen LogP contribution >= 0.6 is 0 Å². The summed E-state index contributed by atoms with van der Waals surface area (Å²) in [4.78, 5) is 43.3. The van der Waals surface area contributed by atoms with Crippen molar-refractivity contribution in [2.45, 2.75) is 30.7 Å². The van der Waals surface area contributed by atoms with Gasteiger partial charge >= 0.3 is 0 Å². The Bertz CT molecular complexity index is 431. The molecule has 0 saturated carbocycles. The molecule has 1 fully saturated rings. The standard InChI is InChI=1S/C7H11N3O12/c1-18-7-6(22-10(16)17)5(21-9(14)15)4(11)3(20-7)2-19-8(12)13/h3-7,11H,2H2,1H3/t3-,4+,5+,6-,7-/m1/s1. The van der Waals surface area contributed by atoms with E-state index in [0.29, 0.717) is 0 Å². The van der Waals surface area contributed by atoms with Gasteiger partial charge in [0.1, 0.15) is 18.8 Å². The van der Waals surface area contributed by atoms with Crippen LogP contribution in [-0.2, 0) is 24.0 Å². The fourth-order valence-corrected chi connectivity index (χ4v) is 1.78. The molecule has 126 valence electrons. The lowest BCUT2D eigenvalue weighted by Gasteiger charge is -2.41. The molecule has 0 amide bonds. The van der Waals surface area contributed by atoms with E-state index in [9.17, 15) is 35.4 Å². The molecule has 0 aliphatic carbocycles. The second-order valence-electron chi connectivity index (χ2n) is 3.88. The molecule has 22 heavy (non-hydrogen) atoms. The Labute approximate surface area is 120 Å². The molecule has 1 saturated heterocycles. The van der Waals surface area contributed by atoms with Crippen LogP contribution in [0.15, 0.2) is 0 Å². The first-order valence-corrected chi connectivity index (χ1v) is 5.52. The van der Waals surface area contributed by atoms with Crippen LogP contribution in [0.1, 0.15) is 0 Å². The number of rotatable bonds is 8. The van der Waals surface area contributed by atoms with Gasteiger partial charge in [0.05, 0.1) is 0 Å². The Hall–Kier alpha value is -2.52. The molecule has 15 heteroatoms. The van der Waals surface area contributed by atoms with E-state index in [1.54, 1.807) is 0 Å². The van der Waals surface area contributed by atoms with Crippen molar-refractivity contribution in [1.29, 1.82) is 0 Å². The van der Waals surface area contributed by atoms with Crippen LogP contribution in [0, 0.1) is 30.3 Å². The third-order valence-electron chi connectivity index (χ3n) is 2.61. The van der Waals surface area contributed by atoms with Crippen LogP contribution in [0.25, 0.3) is 0 Å². The summed E-state index contributed by atoms with van der Waals surface area (Å²) in [6.07, 6.45) is -8.63. The Morgan fingerprint density at radius 2 is 1.59 bits per heavy atom. The second-order valence-corrected chi connectivity index (χ2v) is 3.88. The second kappa shape index (κ2) is 7.48. The van der Waals surface area contributed by atoms with Crippen LogP contribution < -0.4 is 0 Å². The van der Waals surface area contributed by atoms with Gasteiger partial charge in [-0.2, -0.15) is 0 Å². The van der Waals surface area contributed by atoms with E-state index < -0.39 is 52.6 Å². The van der Waals surface area contributed by atoms with Crippen molar-refractivity contribution in [2.75, 3.05) is 13.7 Å². The van der Waals surface area contributed by atoms with Crippen LogP contribution in [0.4, 0.5) is 0 Å². The number of nitrogens with zero attached hydrogens (tertiary/aromatic N) is 3. The quantitative estimate of drug-likeness (QED) is 0.383. The summed E-state index contributed by atoms with van der Waals surface area (Å²) in [5.74, 6) is 0. The van der Waals surface area contributed by atoms with Gasteiger partial charge in [0, 0.05) is 7.11 Å². The molecule has 0 aromatic heterocycles. The van der Waals surface area contributed by atoms with Gasteiger partial charge < -0.3 is 29.1 Å². The predicted molar refractivity (Wildman–Crippen MR) is 58.4 cm³/mol. The lowest BCUT2D eigenvalue weighted by atomic mass is 9.99. The Kier molecular flexibility index (Phi) is 5.96. The number of hydrogen-bond donors (Lipinski definition) is 1. The molecule has 15 nitrogen and oxygen atoms in total. The largest absolute Gasteiger partial charge is 0.388 e. The minimum Gasteiger partial charge on any atom is -0.388 e. The number of ether oxygens (including phenoxy) is 2. The monoisotopic (exact) mass is 329 g/mol. The molecule has 0 spiro atoms. The molecular formula is C7H11N3O12. The van der Waals surface area contributed by atoms with Crippen molar-refractivity contribution in [2.24, 2.45) is 0 Å². The van der Waals surface area contributed by atoms with Crippen molar-refractivity contribution < 1.29 is 44.4 Å². The highest BCUT2D eigenvalue weighted by Crippen LogP contribution is 2.26. The molecule has 1 heterocycles. The molecule has 0 unspecified atom stereocenters. The Balaban J connectivity index is 2.95. The van der Waals surface area contributed by atoms with E-state index in [1.807, 2.05) is 0 Å². The molecule has 1 rings (SSSR count). The summed E-state index contributed by atoms with van der Waals surface area (Å²) in [6.45, 7) is -0.809. The molecule has 1 aliphatic heterocycles. The lowest BCUT2D eigenvalue weighted by molar-refractivity contribution is -0.807. The first kappa shape index (κ1) is 17.5. The van der Waals surface area contributed by atoms with Gasteiger partial charge in [-0.25, -0.2) is 0 Å². The summed E-state index contributed by atoms with van der Waals surface area (Å²) < 4.78 is 9.70. The highest BCUT2D eigenvalue weighted by Gasteiger charge is 2.50. The fraction of sp³-hybridized carbons (Fsp3) is 1.00. The predicted octanol–water partition coefficient (Wildman–Crippen LogP) is -1.92. The van der Waals surface area contributed by atoms with Crippen molar-refractivity contribution in [3.63, 3.8) is 0 Å². The molecule has 0 radical (unpaired) electrons. The summed E-state index contributed by atoms with van der Waals surface area (Å²) in [5.41, 5.74) is 0. The van der Waals surface area contributed by atoms with E-state index in [0.717, 1.165) is 7.11 Å². The van der Waals surface area contributed by atoms with Gasteiger partial charge in [-0.05, 0) is 0 Å². The number of hydrogen-bond acceptors (Lipinski definition) is 12. The van der Waals surface area contributed by atoms with Crippen molar-refractivity contribution in [1.82, 2.24) is 0 Å². The average Bonchev–Trinajstić information content (AvgIpc) is 2.41. The maximum absolute atomic E-state index is 10.4. The highest BCUT2D eigenvalue weighted by atomic mass is 17.0. The van der Waals surface area contributed by atoms with E-state index in [-0.39, 0.29) is 0 Å². The molecule has 0 aromatic rings. The topological polar surface area (TPSA) is 196 Å². The van der Waals surface area contributed by atoms with Gasteiger partial charge in [0.25, 0.3) is 15.3 Å². The Morgan fingerprint density at radius 1 is 1.05 bits per heavy atom.